The number of rotatable bonds is 2. The van der Waals surface area contributed by atoms with Crippen LogP contribution in [-0.2, 0) is 9.59 Å². The molecule has 1 fully saturated rings. The molecule has 2 aromatic heterocycles. The van der Waals surface area contributed by atoms with Gasteiger partial charge in [0.05, 0.1) is 29.0 Å². The molecule has 0 bridgehead atoms. The van der Waals surface area contributed by atoms with Crippen LogP contribution in [0.5, 0.6) is 0 Å². The predicted molar refractivity (Wildman–Crippen MR) is 107 cm³/mol. The number of nitrogens with zero attached hydrogens (tertiary/aromatic N) is 4. The fourth-order valence-corrected chi connectivity index (χ4v) is 3.97. The van der Waals surface area contributed by atoms with Gasteiger partial charge in [0.2, 0.25) is 0 Å². The van der Waals surface area contributed by atoms with Crippen molar-refractivity contribution in [2.24, 2.45) is 16.8 Å². The van der Waals surface area contributed by atoms with E-state index in [-0.39, 0.29) is 12.0 Å². The molecule has 28 heavy (non-hydrogen) atoms. The first-order chi connectivity index (χ1) is 13.5. The van der Waals surface area contributed by atoms with Gasteiger partial charge in [-0.1, -0.05) is 13.0 Å². The summed E-state index contributed by atoms with van der Waals surface area (Å²) in [5.41, 5.74) is 6.74. The van der Waals surface area contributed by atoms with Crippen LogP contribution in [0.4, 0.5) is 11.5 Å². The zero-order chi connectivity index (χ0) is 19.7. The third kappa shape index (κ3) is 3.35. The van der Waals surface area contributed by atoms with Gasteiger partial charge in [-0.3, -0.25) is 19.7 Å². The van der Waals surface area contributed by atoms with E-state index in [0.717, 1.165) is 19.3 Å². The summed E-state index contributed by atoms with van der Waals surface area (Å²) in [6.45, 7) is 2.67. The lowest BCUT2D eigenvalue weighted by atomic mass is 9.84. The van der Waals surface area contributed by atoms with Crippen LogP contribution in [0.25, 0.3) is 10.9 Å². The second-order valence-electron chi connectivity index (χ2n) is 7.45. The zero-order valence-electron chi connectivity index (χ0n) is 15.6. The Morgan fingerprint density at radius 2 is 2.18 bits per heavy atom. The van der Waals surface area contributed by atoms with Crippen LogP contribution >= 0.6 is 0 Å². The van der Waals surface area contributed by atoms with E-state index in [1.165, 1.54) is 12.4 Å². The van der Waals surface area contributed by atoms with E-state index in [9.17, 15) is 9.59 Å². The lowest BCUT2D eigenvalue weighted by Crippen LogP contribution is -2.53. The van der Waals surface area contributed by atoms with Crippen molar-refractivity contribution in [3.05, 3.63) is 24.7 Å². The summed E-state index contributed by atoms with van der Waals surface area (Å²) in [7, 11) is 0. The Kier molecular flexibility index (Phi) is 4.81. The molecular formula is C19H23N7O2. The zero-order valence-corrected chi connectivity index (χ0v) is 15.6. The standard InChI is InChI=1S/C19H23N7O2/c1-11-2-3-15(12-4-6-21-7-5-12)26(10-11)19(28)18(27)24-14-9-22-17(20)13-8-23-25-16(13)14/h4,6-9,11-12,15H,2-3,5,10H2,1H3,(H2,20,22)(H,23,25)(H,24,27)/t11-,12?,15-/m0/s1. The van der Waals surface area contributed by atoms with E-state index in [2.05, 4.69) is 32.4 Å². The Labute approximate surface area is 162 Å². The van der Waals surface area contributed by atoms with Gasteiger partial charge in [-0.05, 0) is 25.2 Å². The van der Waals surface area contributed by atoms with Gasteiger partial charge in [0.15, 0.2) is 0 Å². The summed E-state index contributed by atoms with van der Waals surface area (Å²) < 4.78 is 0. The van der Waals surface area contributed by atoms with Gasteiger partial charge < -0.3 is 16.0 Å². The number of anilines is 2. The van der Waals surface area contributed by atoms with Crippen LogP contribution in [0.3, 0.4) is 0 Å². The van der Waals surface area contributed by atoms with Gasteiger partial charge in [-0.25, -0.2) is 4.98 Å². The van der Waals surface area contributed by atoms with E-state index >= 15 is 0 Å². The molecule has 0 aliphatic carbocycles. The minimum Gasteiger partial charge on any atom is -0.383 e. The summed E-state index contributed by atoms with van der Waals surface area (Å²) in [6, 6.07) is -0.00540. The number of amides is 2. The molecule has 9 heteroatoms. The summed E-state index contributed by atoms with van der Waals surface area (Å²) >= 11 is 0. The topological polar surface area (TPSA) is 129 Å². The molecule has 0 aromatic carbocycles. The molecule has 4 N–H and O–H groups in total. The van der Waals surface area contributed by atoms with Gasteiger partial charge in [0.1, 0.15) is 5.82 Å². The van der Waals surface area contributed by atoms with Gasteiger partial charge in [0, 0.05) is 30.9 Å². The number of carbonyl (C=O) groups excluding carboxylic acids is 2. The normalized spacial score (nSPS) is 24.5. The van der Waals surface area contributed by atoms with Crippen molar-refractivity contribution in [1.29, 1.82) is 0 Å². The number of carbonyl (C=O) groups is 2. The van der Waals surface area contributed by atoms with E-state index in [1.54, 1.807) is 11.1 Å². The number of nitrogens with one attached hydrogen (secondary N) is 2. The fraction of sp³-hybridized carbons (Fsp3) is 0.421. The molecular weight excluding hydrogens is 358 g/mol. The molecule has 2 aromatic rings. The lowest BCUT2D eigenvalue weighted by molar-refractivity contribution is -0.147. The lowest BCUT2D eigenvalue weighted by Gasteiger charge is -2.41. The maximum Gasteiger partial charge on any atom is 0.314 e. The number of fused-ring (bicyclic) bond motifs is 1. The predicted octanol–water partition coefficient (Wildman–Crippen LogP) is 1.71. The summed E-state index contributed by atoms with van der Waals surface area (Å²) in [4.78, 5) is 35.7. The minimum atomic E-state index is -0.685. The fourth-order valence-electron chi connectivity index (χ4n) is 3.97. The van der Waals surface area contributed by atoms with E-state index < -0.39 is 11.8 Å². The minimum absolute atomic E-state index is 0.00540. The molecule has 2 aliphatic heterocycles. The van der Waals surface area contributed by atoms with Crippen LogP contribution in [-0.4, -0.2) is 50.7 Å². The molecule has 0 spiro atoms. The number of H-pyrrole nitrogens is 1. The van der Waals surface area contributed by atoms with Gasteiger partial charge in [0.25, 0.3) is 0 Å². The largest absolute Gasteiger partial charge is 0.383 e. The quantitative estimate of drug-likeness (QED) is 0.682. The third-order valence-corrected chi connectivity index (χ3v) is 5.48. The van der Waals surface area contributed by atoms with Crippen LogP contribution in [0, 0.1) is 11.8 Å². The first kappa shape index (κ1) is 18.1. The molecule has 1 saturated heterocycles. The highest BCUT2D eigenvalue weighted by Gasteiger charge is 2.37. The molecule has 2 aliphatic rings. The number of hydrogen-bond donors (Lipinski definition) is 3. The molecule has 0 saturated carbocycles. The SMILES string of the molecule is C[C@H]1CC[C@@H](C2C=CN=CC2)N(C(=O)C(=O)Nc2cnc(N)c3cn[nH]c23)C1. The average Bonchev–Trinajstić information content (AvgIpc) is 3.21. The highest BCUT2D eigenvalue weighted by atomic mass is 16.2. The second kappa shape index (κ2) is 7.41. The van der Waals surface area contributed by atoms with Crippen LogP contribution < -0.4 is 11.1 Å². The van der Waals surface area contributed by atoms with Crippen LogP contribution in [0.2, 0.25) is 0 Å². The van der Waals surface area contributed by atoms with Crippen molar-refractivity contribution in [2.45, 2.75) is 32.2 Å². The first-order valence-corrected chi connectivity index (χ1v) is 9.42. The monoisotopic (exact) mass is 381 g/mol. The Morgan fingerprint density at radius 1 is 1.32 bits per heavy atom. The maximum absolute atomic E-state index is 13.0. The second-order valence-corrected chi connectivity index (χ2v) is 7.45. The highest BCUT2D eigenvalue weighted by molar-refractivity contribution is 6.40. The van der Waals surface area contributed by atoms with Crippen molar-refractivity contribution in [1.82, 2.24) is 20.1 Å². The average molecular weight is 381 g/mol. The van der Waals surface area contributed by atoms with Crippen molar-refractivity contribution in [2.75, 3.05) is 17.6 Å². The molecule has 4 rings (SSSR count). The number of nitrogens with two attached hydrogens (primary N) is 1. The molecule has 2 amide bonds. The summed E-state index contributed by atoms with van der Waals surface area (Å²) in [6.07, 6.45) is 11.3. The van der Waals surface area contributed by atoms with E-state index in [1.807, 2.05) is 12.3 Å². The number of aliphatic imine (C=N–C) groups is 1. The number of nitrogen functional groups attached to an aromatic ring is 1. The number of aromatic nitrogens is 3. The Balaban J connectivity index is 1.54. The van der Waals surface area contributed by atoms with Crippen molar-refractivity contribution in [3.8, 4) is 0 Å². The molecule has 0 radical (unpaired) electrons. The smallest absolute Gasteiger partial charge is 0.314 e. The Hall–Kier alpha value is -3.23. The number of hydrogen-bond acceptors (Lipinski definition) is 6. The maximum atomic E-state index is 13.0. The van der Waals surface area contributed by atoms with Crippen LogP contribution in [0.15, 0.2) is 29.7 Å². The van der Waals surface area contributed by atoms with Gasteiger partial charge in [-0.2, -0.15) is 5.10 Å². The number of piperidine rings is 1. The van der Waals surface area contributed by atoms with Crippen LogP contribution in [0.1, 0.15) is 26.2 Å². The molecule has 1 unspecified atom stereocenters. The van der Waals surface area contributed by atoms with E-state index in [4.69, 9.17) is 5.73 Å². The van der Waals surface area contributed by atoms with Gasteiger partial charge in [-0.15, -0.1) is 0 Å². The molecule has 3 atom stereocenters. The van der Waals surface area contributed by atoms with Gasteiger partial charge >= 0.3 is 11.8 Å². The Morgan fingerprint density at radius 3 is 2.96 bits per heavy atom. The van der Waals surface area contributed by atoms with E-state index in [0.29, 0.717) is 34.9 Å². The number of likely N-dealkylation sites (tertiary alicyclic amines) is 1. The number of pyridine rings is 1. The Bertz CT molecular complexity index is 964. The number of aromatic amines is 1. The van der Waals surface area contributed by atoms with Crippen molar-refractivity contribution in [3.63, 3.8) is 0 Å². The summed E-state index contributed by atoms with van der Waals surface area (Å²) in [5, 5.41) is 9.99. The molecule has 4 heterocycles. The summed E-state index contributed by atoms with van der Waals surface area (Å²) in [5.74, 6) is -0.373. The molecule has 9 nitrogen and oxygen atoms in total. The van der Waals surface area contributed by atoms with Crippen molar-refractivity contribution < 1.29 is 9.59 Å². The molecule has 146 valence electrons. The third-order valence-electron chi connectivity index (χ3n) is 5.48. The highest BCUT2D eigenvalue weighted by Crippen LogP contribution is 2.30. The van der Waals surface area contributed by atoms with Crippen molar-refractivity contribution >= 4 is 40.4 Å². The first-order valence-electron chi connectivity index (χ1n) is 9.42.